The van der Waals surface area contributed by atoms with E-state index in [2.05, 4.69) is 23.9 Å². The third-order valence-electron chi connectivity index (χ3n) is 3.12. The van der Waals surface area contributed by atoms with Crippen molar-refractivity contribution in [2.24, 2.45) is 7.05 Å². The minimum atomic E-state index is 0.385. The summed E-state index contributed by atoms with van der Waals surface area (Å²) in [4.78, 5) is 4.37. The van der Waals surface area contributed by atoms with Gasteiger partial charge in [-0.2, -0.15) is 5.10 Å². The first kappa shape index (κ1) is 11.6. The van der Waals surface area contributed by atoms with Gasteiger partial charge in [0.25, 0.3) is 0 Å². The summed E-state index contributed by atoms with van der Waals surface area (Å²) in [6, 6.07) is 5.84. The van der Waals surface area contributed by atoms with Crippen LogP contribution in [0.2, 0.25) is 0 Å². The van der Waals surface area contributed by atoms with E-state index < -0.39 is 0 Å². The highest BCUT2D eigenvalue weighted by atomic mass is 15.3. The fourth-order valence-corrected chi connectivity index (χ4v) is 1.87. The molecule has 4 nitrogen and oxygen atoms in total. The van der Waals surface area contributed by atoms with Crippen LogP contribution in [0, 0.1) is 0 Å². The fourth-order valence-electron chi connectivity index (χ4n) is 1.87. The van der Waals surface area contributed by atoms with Crippen molar-refractivity contribution in [3.05, 3.63) is 30.1 Å². The SMILES string of the molecule is CCC(C)c1nn(C)c(N)c1-c1ccccn1. The number of hydrogen-bond acceptors (Lipinski definition) is 3. The van der Waals surface area contributed by atoms with E-state index in [9.17, 15) is 0 Å². The smallest absolute Gasteiger partial charge is 0.131 e. The maximum absolute atomic E-state index is 6.09. The maximum Gasteiger partial charge on any atom is 0.131 e. The zero-order valence-corrected chi connectivity index (χ0v) is 10.5. The number of pyridine rings is 1. The van der Waals surface area contributed by atoms with Crippen molar-refractivity contribution in [2.75, 3.05) is 5.73 Å². The lowest BCUT2D eigenvalue weighted by Gasteiger charge is -2.08. The Labute approximate surface area is 101 Å². The van der Waals surface area contributed by atoms with Crippen LogP contribution in [0.15, 0.2) is 24.4 Å². The largest absolute Gasteiger partial charge is 0.383 e. The van der Waals surface area contributed by atoms with Crippen LogP contribution >= 0.6 is 0 Å². The van der Waals surface area contributed by atoms with Gasteiger partial charge in [0.15, 0.2) is 0 Å². The molecule has 17 heavy (non-hydrogen) atoms. The van der Waals surface area contributed by atoms with Crippen molar-refractivity contribution in [1.82, 2.24) is 14.8 Å². The van der Waals surface area contributed by atoms with Crippen LogP contribution in [0.5, 0.6) is 0 Å². The molecule has 90 valence electrons. The molecule has 2 N–H and O–H groups in total. The highest BCUT2D eigenvalue weighted by Crippen LogP contribution is 2.33. The summed E-state index contributed by atoms with van der Waals surface area (Å²) in [5, 5.41) is 4.51. The van der Waals surface area contributed by atoms with Crippen molar-refractivity contribution in [1.29, 1.82) is 0 Å². The summed E-state index contributed by atoms with van der Waals surface area (Å²) in [7, 11) is 1.87. The Kier molecular flexibility index (Phi) is 3.13. The molecular weight excluding hydrogens is 212 g/mol. The zero-order chi connectivity index (χ0) is 12.4. The van der Waals surface area contributed by atoms with Crippen molar-refractivity contribution >= 4 is 5.82 Å². The van der Waals surface area contributed by atoms with E-state index >= 15 is 0 Å². The minimum absolute atomic E-state index is 0.385. The van der Waals surface area contributed by atoms with Crippen LogP contribution in [-0.2, 0) is 7.05 Å². The molecule has 0 fully saturated rings. The Hall–Kier alpha value is -1.84. The van der Waals surface area contributed by atoms with Gasteiger partial charge < -0.3 is 5.73 Å². The first-order chi connectivity index (χ1) is 8.15. The molecule has 0 aliphatic carbocycles. The van der Waals surface area contributed by atoms with E-state index in [1.807, 2.05) is 25.2 Å². The van der Waals surface area contributed by atoms with E-state index in [1.165, 1.54) is 0 Å². The lowest BCUT2D eigenvalue weighted by Crippen LogP contribution is -1.98. The summed E-state index contributed by atoms with van der Waals surface area (Å²) < 4.78 is 1.73. The van der Waals surface area contributed by atoms with Crippen LogP contribution in [0.4, 0.5) is 5.82 Å². The quantitative estimate of drug-likeness (QED) is 0.881. The third-order valence-corrected chi connectivity index (χ3v) is 3.12. The normalized spacial score (nSPS) is 12.6. The predicted molar refractivity (Wildman–Crippen MR) is 69.6 cm³/mol. The first-order valence-electron chi connectivity index (χ1n) is 5.88. The number of aryl methyl sites for hydroxylation is 1. The third kappa shape index (κ3) is 2.02. The maximum atomic E-state index is 6.09. The summed E-state index contributed by atoms with van der Waals surface area (Å²) >= 11 is 0. The van der Waals surface area contributed by atoms with Gasteiger partial charge in [-0.15, -0.1) is 0 Å². The lowest BCUT2D eigenvalue weighted by molar-refractivity contribution is 0.668. The van der Waals surface area contributed by atoms with Crippen molar-refractivity contribution in [3.63, 3.8) is 0 Å². The van der Waals surface area contributed by atoms with Gasteiger partial charge in [0.1, 0.15) is 5.82 Å². The average Bonchev–Trinajstić information content (AvgIpc) is 2.66. The van der Waals surface area contributed by atoms with E-state index in [0.717, 1.165) is 23.4 Å². The summed E-state index contributed by atoms with van der Waals surface area (Å²) in [6.45, 7) is 4.31. The van der Waals surface area contributed by atoms with Crippen LogP contribution in [0.1, 0.15) is 31.9 Å². The van der Waals surface area contributed by atoms with Crippen LogP contribution in [0.25, 0.3) is 11.3 Å². The van der Waals surface area contributed by atoms with Crippen LogP contribution in [-0.4, -0.2) is 14.8 Å². The van der Waals surface area contributed by atoms with E-state index in [4.69, 9.17) is 5.73 Å². The number of rotatable bonds is 3. The topological polar surface area (TPSA) is 56.7 Å². The van der Waals surface area contributed by atoms with Gasteiger partial charge in [-0.3, -0.25) is 9.67 Å². The molecule has 0 radical (unpaired) electrons. The van der Waals surface area contributed by atoms with Crippen molar-refractivity contribution in [2.45, 2.75) is 26.2 Å². The summed E-state index contributed by atoms with van der Waals surface area (Å²) in [5.74, 6) is 1.06. The average molecular weight is 230 g/mol. The van der Waals surface area contributed by atoms with Gasteiger partial charge in [-0.25, -0.2) is 0 Å². The summed E-state index contributed by atoms with van der Waals surface area (Å²) in [6.07, 6.45) is 2.82. The van der Waals surface area contributed by atoms with Gasteiger partial charge in [-0.1, -0.05) is 19.9 Å². The molecule has 0 aliphatic heterocycles. The Morgan fingerprint density at radius 1 is 1.41 bits per heavy atom. The van der Waals surface area contributed by atoms with Crippen LogP contribution in [0.3, 0.4) is 0 Å². The van der Waals surface area contributed by atoms with Gasteiger partial charge >= 0.3 is 0 Å². The molecule has 0 saturated carbocycles. The molecule has 0 bridgehead atoms. The second kappa shape index (κ2) is 4.57. The monoisotopic (exact) mass is 230 g/mol. The van der Waals surface area contributed by atoms with E-state index in [1.54, 1.807) is 10.9 Å². The second-order valence-corrected chi connectivity index (χ2v) is 4.29. The van der Waals surface area contributed by atoms with Crippen LogP contribution < -0.4 is 5.73 Å². The van der Waals surface area contributed by atoms with Crippen molar-refractivity contribution in [3.8, 4) is 11.3 Å². The summed E-state index contributed by atoms with van der Waals surface area (Å²) in [5.41, 5.74) is 8.99. The predicted octanol–water partition coefficient (Wildman–Crippen LogP) is 2.58. The molecule has 1 atom stereocenters. The molecule has 2 rings (SSSR count). The molecule has 2 aromatic rings. The molecule has 0 amide bonds. The molecule has 2 heterocycles. The highest BCUT2D eigenvalue weighted by molar-refractivity contribution is 5.74. The molecule has 0 spiro atoms. The molecular formula is C13H18N4. The lowest BCUT2D eigenvalue weighted by atomic mass is 9.99. The number of nitrogens with two attached hydrogens (primary N) is 1. The molecule has 0 aliphatic rings. The second-order valence-electron chi connectivity index (χ2n) is 4.29. The minimum Gasteiger partial charge on any atom is -0.383 e. The van der Waals surface area contributed by atoms with E-state index in [-0.39, 0.29) is 0 Å². The number of nitrogen functional groups attached to an aromatic ring is 1. The van der Waals surface area contributed by atoms with Gasteiger partial charge in [0, 0.05) is 19.2 Å². The van der Waals surface area contributed by atoms with Crippen molar-refractivity contribution < 1.29 is 0 Å². The Bertz CT molecular complexity index is 502. The molecule has 4 heteroatoms. The fraction of sp³-hybridized carbons (Fsp3) is 0.385. The van der Waals surface area contributed by atoms with E-state index in [0.29, 0.717) is 11.7 Å². The first-order valence-corrected chi connectivity index (χ1v) is 5.88. The highest BCUT2D eigenvalue weighted by Gasteiger charge is 2.20. The number of aromatic nitrogens is 3. The Balaban J connectivity index is 2.60. The standard InChI is InChI=1S/C13H18N4/c1-4-9(2)12-11(13(14)17(3)16-12)10-7-5-6-8-15-10/h5-9H,4,14H2,1-3H3. The molecule has 1 unspecified atom stereocenters. The number of anilines is 1. The van der Waals surface area contributed by atoms with Gasteiger partial charge in [-0.05, 0) is 18.6 Å². The Morgan fingerprint density at radius 3 is 2.76 bits per heavy atom. The van der Waals surface area contributed by atoms with Gasteiger partial charge in [0.05, 0.1) is 17.0 Å². The zero-order valence-electron chi connectivity index (χ0n) is 10.5. The molecule has 2 aromatic heterocycles. The van der Waals surface area contributed by atoms with Gasteiger partial charge in [0.2, 0.25) is 0 Å². The number of hydrogen-bond donors (Lipinski definition) is 1. The molecule has 0 saturated heterocycles. The Morgan fingerprint density at radius 2 is 2.18 bits per heavy atom. The molecule has 0 aromatic carbocycles. The number of nitrogens with zero attached hydrogens (tertiary/aromatic N) is 3.